The molecule has 0 saturated carbocycles. The summed E-state index contributed by atoms with van der Waals surface area (Å²) in [6.07, 6.45) is -0.865. The Hall–Kier alpha value is -1.31. The molecule has 1 saturated heterocycles. The van der Waals surface area contributed by atoms with E-state index < -0.39 is 12.2 Å². The van der Waals surface area contributed by atoms with Crippen LogP contribution in [0.15, 0.2) is 17.0 Å². The van der Waals surface area contributed by atoms with E-state index in [1.54, 1.807) is 16.8 Å². The lowest BCUT2D eigenvalue weighted by atomic mass is 10.0. The summed E-state index contributed by atoms with van der Waals surface area (Å²) < 4.78 is 40.8. The Morgan fingerprint density at radius 3 is 2.74 bits per heavy atom. The fraction of sp³-hybridized carbons (Fsp3) is 0.455. The van der Waals surface area contributed by atoms with Gasteiger partial charge in [0.05, 0.1) is 5.69 Å². The van der Waals surface area contributed by atoms with Crippen molar-refractivity contribution in [2.75, 3.05) is 11.4 Å². The van der Waals surface area contributed by atoms with Crippen LogP contribution in [0, 0.1) is 6.92 Å². The Balaban J connectivity index is 2.11. The van der Waals surface area contributed by atoms with Crippen molar-refractivity contribution in [3.05, 3.63) is 22.7 Å². The number of hydrogen-bond donors (Lipinski definition) is 0. The fourth-order valence-electron chi connectivity index (χ4n) is 2.24. The maximum atomic E-state index is 12.8. The maximum Gasteiger partial charge on any atom is 0.408 e. The number of hydrogen-bond acceptors (Lipinski definition) is 3. The minimum atomic E-state index is -4.24. The molecule has 0 unspecified atom stereocenters. The Kier molecular flexibility index (Phi) is 2.74. The van der Waals surface area contributed by atoms with Crippen molar-refractivity contribution in [3.63, 3.8) is 0 Å². The van der Waals surface area contributed by atoms with Gasteiger partial charge in [-0.2, -0.15) is 13.2 Å². The van der Waals surface area contributed by atoms with Crippen molar-refractivity contribution < 1.29 is 13.2 Å². The van der Waals surface area contributed by atoms with Crippen molar-refractivity contribution in [1.29, 1.82) is 0 Å². The summed E-state index contributed by atoms with van der Waals surface area (Å²) in [6.45, 7) is 2.17. The summed E-state index contributed by atoms with van der Waals surface area (Å²) in [7, 11) is 0. The lowest BCUT2D eigenvalue weighted by molar-refractivity contribution is -0.159. The second-order valence-electron chi connectivity index (χ2n) is 4.47. The van der Waals surface area contributed by atoms with Gasteiger partial charge in [0.25, 0.3) is 0 Å². The highest BCUT2D eigenvalue weighted by atomic mass is 79.9. The average Bonchev–Trinajstić information content (AvgIpc) is 2.70. The Bertz CT molecular complexity index is 637. The zero-order valence-electron chi connectivity index (χ0n) is 9.95. The van der Waals surface area contributed by atoms with Gasteiger partial charge in [-0.1, -0.05) is 0 Å². The largest absolute Gasteiger partial charge is 0.408 e. The monoisotopic (exact) mass is 334 g/mol. The summed E-state index contributed by atoms with van der Waals surface area (Å²) >= 11 is 3.28. The molecular weight excluding hydrogens is 325 g/mol. The zero-order valence-corrected chi connectivity index (χ0v) is 11.5. The molecule has 19 heavy (non-hydrogen) atoms. The Labute approximate surface area is 115 Å². The first-order valence-corrected chi connectivity index (χ1v) is 6.51. The molecular formula is C11H10BrF3N4. The van der Waals surface area contributed by atoms with E-state index in [4.69, 9.17) is 0 Å². The van der Waals surface area contributed by atoms with Gasteiger partial charge in [0.2, 0.25) is 0 Å². The topological polar surface area (TPSA) is 33.4 Å². The van der Waals surface area contributed by atoms with Gasteiger partial charge >= 0.3 is 6.18 Å². The smallest absolute Gasteiger partial charge is 0.341 e. The van der Waals surface area contributed by atoms with E-state index in [9.17, 15) is 13.2 Å². The second kappa shape index (κ2) is 4.09. The van der Waals surface area contributed by atoms with Gasteiger partial charge < -0.3 is 4.90 Å². The van der Waals surface area contributed by atoms with Crippen LogP contribution in [-0.4, -0.2) is 33.1 Å². The minimum Gasteiger partial charge on any atom is -0.341 e. The summed E-state index contributed by atoms with van der Waals surface area (Å²) in [5.74, 6) is 0.274. The highest BCUT2D eigenvalue weighted by Gasteiger charge is 2.49. The molecule has 1 atom stereocenters. The predicted octanol–water partition coefficient (Wildman–Crippen LogP) is 2.94. The molecule has 0 aromatic carbocycles. The quantitative estimate of drug-likeness (QED) is 0.804. The lowest BCUT2D eigenvalue weighted by Gasteiger charge is -2.42. The maximum absolute atomic E-state index is 12.8. The SMILES string of the molecule is Cc1c(Br)nc(N2CC[C@@H]2C(F)(F)F)c2nccn12. The average molecular weight is 335 g/mol. The number of alkyl halides is 3. The van der Waals surface area contributed by atoms with Crippen molar-refractivity contribution in [3.8, 4) is 0 Å². The molecule has 1 aliphatic heterocycles. The number of fused-ring (bicyclic) bond motifs is 1. The summed E-state index contributed by atoms with van der Waals surface area (Å²) in [6, 6.07) is -1.46. The number of halogens is 4. The number of aromatic nitrogens is 3. The first kappa shape index (κ1) is 12.7. The molecule has 4 nitrogen and oxygen atoms in total. The standard InChI is InChI=1S/C11H10BrF3N4/c1-6-8(12)17-10(9-16-3-5-18(6)9)19-4-2-7(19)11(13,14)15/h3,5,7H,2,4H2,1H3/t7-/m1/s1. The zero-order chi connectivity index (χ0) is 13.8. The molecule has 2 aromatic rings. The van der Waals surface area contributed by atoms with Crippen LogP contribution in [0.5, 0.6) is 0 Å². The normalized spacial score (nSPS) is 19.8. The molecule has 2 aromatic heterocycles. The van der Waals surface area contributed by atoms with Gasteiger partial charge in [-0.15, -0.1) is 0 Å². The number of anilines is 1. The van der Waals surface area contributed by atoms with Gasteiger partial charge in [-0.05, 0) is 29.3 Å². The molecule has 1 fully saturated rings. The van der Waals surface area contributed by atoms with Gasteiger partial charge in [-0.25, -0.2) is 9.97 Å². The molecule has 0 bridgehead atoms. The molecule has 0 amide bonds. The highest BCUT2D eigenvalue weighted by Crippen LogP contribution is 2.38. The van der Waals surface area contributed by atoms with Gasteiger partial charge in [0.1, 0.15) is 10.6 Å². The van der Waals surface area contributed by atoms with Crippen LogP contribution >= 0.6 is 15.9 Å². The molecule has 3 heterocycles. The fourth-order valence-corrected chi connectivity index (χ4v) is 2.60. The molecule has 1 aliphatic rings. The number of imidazole rings is 1. The summed E-state index contributed by atoms with van der Waals surface area (Å²) in [5.41, 5.74) is 1.26. The molecule has 0 N–H and O–H groups in total. The lowest BCUT2D eigenvalue weighted by Crippen LogP contribution is -2.56. The van der Waals surface area contributed by atoms with E-state index in [0.29, 0.717) is 16.8 Å². The second-order valence-corrected chi connectivity index (χ2v) is 5.22. The molecule has 0 spiro atoms. The van der Waals surface area contributed by atoms with Gasteiger partial charge in [-0.3, -0.25) is 4.40 Å². The van der Waals surface area contributed by atoms with E-state index in [0.717, 1.165) is 5.69 Å². The molecule has 0 radical (unpaired) electrons. The third-order valence-corrected chi connectivity index (χ3v) is 4.13. The van der Waals surface area contributed by atoms with Crippen LogP contribution in [0.3, 0.4) is 0 Å². The first-order chi connectivity index (χ1) is 8.89. The molecule has 3 rings (SSSR count). The molecule has 0 aliphatic carbocycles. The summed E-state index contributed by atoms with van der Waals surface area (Å²) in [4.78, 5) is 9.59. The van der Waals surface area contributed by atoms with E-state index >= 15 is 0 Å². The third-order valence-electron chi connectivity index (χ3n) is 3.37. The van der Waals surface area contributed by atoms with E-state index in [-0.39, 0.29) is 12.2 Å². The van der Waals surface area contributed by atoms with Crippen molar-refractivity contribution >= 4 is 27.4 Å². The van der Waals surface area contributed by atoms with E-state index in [2.05, 4.69) is 25.9 Å². The Morgan fingerprint density at radius 2 is 2.16 bits per heavy atom. The van der Waals surface area contributed by atoms with Crippen molar-refractivity contribution in [2.24, 2.45) is 0 Å². The van der Waals surface area contributed by atoms with Crippen molar-refractivity contribution in [1.82, 2.24) is 14.4 Å². The summed E-state index contributed by atoms with van der Waals surface area (Å²) in [5, 5.41) is 0. The van der Waals surface area contributed by atoms with Crippen LogP contribution in [0.2, 0.25) is 0 Å². The number of aryl methyl sites for hydroxylation is 1. The number of rotatable bonds is 1. The third kappa shape index (κ3) is 1.89. The molecule has 102 valence electrons. The highest BCUT2D eigenvalue weighted by molar-refractivity contribution is 9.10. The van der Waals surface area contributed by atoms with Gasteiger partial charge in [0.15, 0.2) is 11.5 Å². The van der Waals surface area contributed by atoms with Crippen LogP contribution in [0.1, 0.15) is 12.1 Å². The number of nitrogens with zero attached hydrogens (tertiary/aromatic N) is 4. The Morgan fingerprint density at radius 1 is 1.42 bits per heavy atom. The van der Waals surface area contributed by atoms with Crippen LogP contribution in [0.4, 0.5) is 19.0 Å². The van der Waals surface area contributed by atoms with Crippen LogP contribution in [-0.2, 0) is 0 Å². The van der Waals surface area contributed by atoms with Gasteiger partial charge in [0, 0.05) is 18.9 Å². The first-order valence-electron chi connectivity index (χ1n) is 5.72. The van der Waals surface area contributed by atoms with Crippen LogP contribution in [0.25, 0.3) is 5.65 Å². The van der Waals surface area contributed by atoms with Crippen LogP contribution < -0.4 is 4.90 Å². The van der Waals surface area contributed by atoms with E-state index in [1.807, 2.05) is 6.92 Å². The predicted molar refractivity (Wildman–Crippen MR) is 67.2 cm³/mol. The molecule has 8 heteroatoms. The minimum absolute atomic E-state index is 0.101. The van der Waals surface area contributed by atoms with Crippen molar-refractivity contribution in [2.45, 2.75) is 25.6 Å². The van der Waals surface area contributed by atoms with E-state index in [1.165, 1.54) is 4.90 Å².